The molecule has 134 valence electrons. The molecule has 25 heavy (non-hydrogen) atoms. The van der Waals surface area contributed by atoms with Gasteiger partial charge in [0.2, 0.25) is 0 Å². The van der Waals surface area contributed by atoms with Crippen LogP contribution < -0.4 is 10.5 Å². The van der Waals surface area contributed by atoms with Gasteiger partial charge in [0.05, 0.1) is 18.3 Å². The van der Waals surface area contributed by atoms with Crippen LogP contribution in [-0.4, -0.2) is 31.4 Å². The van der Waals surface area contributed by atoms with E-state index in [9.17, 15) is 0 Å². The van der Waals surface area contributed by atoms with Crippen LogP contribution in [0.1, 0.15) is 51.5 Å². The Balaban J connectivity index is 1.30. The van der Waals surface area contributed by atoms with Crippen LogP contribution in [0.5, 0.6) is 5.75 Å². The van der Waals surface area contributed by atoms with Gasteiger partial charge in [0.25, 0.3) is 0 Å². The molecule has 0 spiro atoms. The van der Waals surface area contributed by atoms with Gasteiger partial charge >= 0.3 is 7.12 Å². The standard InChI is InChI=1S/C20H28BNO3/c1-19(2)13-9-16(19)20(3)17(10-13)24-21(25-20)18(22)8-12-11-23-15-7-5-4-6-14(12)15/h4-7,12-13,16-18H,8-11,22H2,1-3H3/p+1/t12?,13-,16-,17+,18-,20-/m0/s1. The normalized spacial score (nSPS) is 41.5. The molecule has 0 aromatic heterocycles. The molecule has 2 aliphatic heterocycles. The second kappa shape index (κ2) is 5.24. The van der Waals surface area contributed by atoms with Crippen LogP contribution in [0, 0.1) is 17.3 Å². The van der Waals surface area contributed by atoms with E-state index in [1.54, 1.807) is 0 Å². The molecule has 4 fully saturated rings. The van der Waals surface area contributed by atoms with Crippen molar-refractivity contribution in [2.45, 2.75) is 63.6 Å². The summed E-state index contributed by atoms with van der Waals surface area (Å²) in [7, 11) is -0.182. The highest BCUT2D eigenvalue weighted by molar-refractivity contribution is 6.46. The van der Waals surface area contributed by atoms with Crippen LogP contribution in [0.2, 0.25) is 0 Å². The van der Waals surface area contributed by atoms with Gasteiger partial charge < -0.3 is 19.8 Å². The van der Waals surface area contributed by atoms with Gasteiger partial charge in [-0.05, 0) is 43.1 Å². The predicted molar refractivity (Wildman–Crippen MR) is 96.1 cm³/mol. The van der Waals surface area contributed by atoms with E-state index in [2.05, 4.69) is 44.7 Å². The largest absolute Gasteiger partial charge is 0.521 e. The Morgan fingerprint density at radius 2 is 2.04 bits per heavy atom. The second-order valence-corrected chi connectivity index (χ2v) is 9.38. The molecular weight excluding hydrogens is 313 g/mol. The third-order valence-corrected chi connectivity index (χ3v) is 7.74. The summed E-state index contributed by atoms with van der Waals surface area (Å²) >= 11 is 0. The van der Waals surface area contributed by atoms with Gasteiger partial charge in [-0.2, -0.15) is 0 Å². The first-order valence-electron chi connectivity index (χ1n) is 9.77. The summed E-state index contributed by atoms with van der Waals surface area (Å²) in [4.78, 5) is 0. The first-order chi connectivity index (χ1) is 11.9. The van der Waals surface area contributed by atoms with Crippen molar-refractivity contribution in [1.82, 2.24) is 0 Å². The lowest BCUT2D eigenvalue weighted by atomic mass is 9.43. The SMILES string of the molecule is CC1(C)[C@@H]2C[C@H]3OB([C@@H]([NH3+])CC4COc5ccccc54)O[C@@]3(C)[C@H]1C2. The number of para-hydroxylation sites is 1. The summed E-state index contributed by atoms with van der Waals surface area (Å²) in [5.41, 5.74) is 5.97. The van der Waals surface area contributed by atoms with E-state index in [0.29, 0.717) is 17.3 Å². The molecular formula is C20H29BNO3+. The van der Waals surface area contributed by atoms with Gasteiger partial charge in [0.1, 0.15) is 11.7 Å². The highest BCUT2D eigenvalue weighted by Gasteiger charge is 2.68. The van der Waals surface area contributed by atoms with Crippen LogP contribution in [-0.2, 0) is 9.31 Å². The number of hydrogen-bond donors (Lipinski definition) is 1. The summed E-state index contributed by atoms with van der Waals surface area (Å²) in [6, 6.07) is 8.35. The summed E-state index contributed by atoms with van der Waals surface area (Å²) in [6.07, 6.45) is 3.62. The minimum Gasteiger partial charge on any atom is -0.493 e. The number of hydrogen-bond acceptors (Lipinski definition) is 3. The fourth-order valence-corrected chi connectivity index (χ4v) is 6.00. The van der Waals surface area contributed by atoms with Crippen molar-refractivity contribution in [2.75, 3.05) is 6.61 Å². The van der Waals surface area contributed by atoms with Crippen molar-refractivity contribution >= 4 is 7.12 Å². The lowest BCUT2D eigenvalue weighted by Gasteiger charge is -2.64. The maximum atomic E-state index is 6.57. The van der Waals surface area contributed by atoms with E-state index < -0.39 is 0 Å². The van der Waals surface area contributed by atoms with Crippen LogP contribution in [0.25, 0.3) is 0 Å². The van der Waals surface area contributed by atoms with Gasteiger partial charge in [0.15, 0.2) is 0 Å². The number of benzene rings is 1. The predicted octanol–water partition coefficient (Wildman–Crippen LogP) is 2.43. The topological polar surface area (TPSA) is 55.3 Å². The first-order valence-corrected chi connectivity index (χ1v) is 9.77. The zero-order valence-corrected chi connectivity index (χ0v) is 15.5. The molecule has 5 heteroatoms. The Labute approximate surface area is 150 Å². The maximum absolute atomic E-state index is 6.57. The maximum Gasteiger partial charge on any atom is 0.521 e. The van der Waals surface area contributed by atoms with Crippen molar-refractivity contribution in [3.8, 4) is 5.75 Å². The van der Waals surface area contributed by atoms with Crippen molar-refractivity contribution in [3.63, 3.8) is 0 Å². The van der Waals surface area contributed by atoms with E-state index in [1.165, 1.54) is 12.0 Å². The molecule has 1 aromatic carbocycles. The molecule has 0 amide bonds. The molecule has 2 heterocycles. The smallest absolute Gasteiger partial charge is 0.493 e. The molecule has 3 saturated carbocycles. The third-order valence-electron chi connectivity index (χ3n) is 7.74. The zero-order chi connectivity index (χ0) is 17.4. The summed E-state index contributed by atoms with van der Waals surface area (Å²) in [5.74, 6) is 2.94. The average molecular weight is 342 g/mol. The Morgan fingerprint density at radius 1 is 1.24 bits per heavy atom. The number of quaternary nitrogens is 1. The fourth-order valence-electron chi connectivity index (χ4n) is 6.00. The minimum absolute atomic E-state index is 0.127. The third kappa shape index (κ3) is 2.19. The van der Waals surface area contributed by atoms with Crippen molar-refractivity contribution in [1.29, 1.82) is 0 Å². The van der Waals surface area contributed by atoms with Crippen molar-refractivity contribution in [3.05, 3.63) is 29.8 Å². The van der Waals surface area contributed by atoms with Crippen LogP contribution >= 0.6 is 0 Å². The lowest BCUT2D eigenvalue weighted by molar-refractivity contribution is -0.399. The molecule has 3 N–H and O–H groups in total. The first kappa shape index (κ1) is 16.2. The Bertz CT molecular complexity index is 695. The Morgan fingerprint density at radius 3 is 2.84 bits per heavy atom. The van der Waals surface area contributed by atoms with E-state index >= 15 is 0 Å². The van der Waals surface area contributed by atoms with Gasteiger partial charge in [-0.1, -0.05) is 32.0 Å². The fraction of sp³-hybridized carbons (Fsp3) is 0.700. The van der Waals surface area contributed by atoms with Crippen LogP contribution in [0.15, 0.2) is 24.3 Å². The highest BCUT2D eigenvalue weighted by atomic mass is 16.7. The molecule has 0 radical (unpaired) electrons. The molecule has 1 aromatic rings. The van der Waals surface area contributed by atoms with Crippen LogP contribution in [0.4, 0.5) is 0 Å². The molecule has 1 saturated heterocycles. The van der Waals surface area contributed by atoms with E-state index in [0.717, 1.165) is 31.1 Å². The Hall–Kier alpha value is -1.04. The van der Waals surface area contributed by atoms with Gasteiger partial charge in [0, 0.05) is 17.9 Å². The average Bonchev–Trinajstić information content (AvgIpc) is 3.15. The molecule has 1 unspecified atom stereocenters. The minimum atomic E-state index is -0.182. The molecule has 4 nitrogen and oxygen atoms in total. The second-order valence-electron chi connectivity index (χ2n) is 9.38. The Kier molecular flexibility index (Phi) is 3.39. The van der Waals surface area contributed by atoms with Gasteiger partial charge in [-0.25, -0.2) is 0 Å². The molecule has 6 rings (SSSR count). The number of ether oxygens (including phenoxy) is 1. The summed E-state index contributed by atoms with van der Waals surface area (Å²) < 4.78 is 18.8. The van der Waals surface area contributed by atoms with E-state index in [-0.39, 0.29) is 24.8 Å². The van der Waals surface area contributed by atoms with E-state index in [1.807, 2.05) is 6.07 Å². The summed E-state index contributed by atoms with van der Waals surface area (Å²) in [5, 5.41) is 0. The van der Waals surface area contributed by atoms with Gasteiger partial charge in [-0.15, -0.1) is 0 Å². The molecule has 2 bridgehead atoms. The van der Waals surface area contributed by atoms with Crippen molar-refractivity contribution < 1.29 is 19.8 Å². The van der Waals surface area contributed by atoms with Crippen molar-refractivity contribution in [2.24, 2.45) is 17.3 Å². The highest BCUT2D eigenvalue weighted by Crippen LogP contribution is 2.65. The quantitative estimate of drug-likeness (QED) is 0.859. The number of fused-ring (bicyclic) bond motifs is 1. The van der Waals surface area contributed by atoms with Gasteiger partial charge in [-0.3, -0.25) is 0 Å². The molecule has 6 atom stereocenters. The lowest BCUT2D eigenvalue weighted by Crippen LogP contribution is -2.69. The molecule has 3 aliphatic carbocycles. The monoisotopic (exact) mass is 342 g/mol. The van der Waals surface area contributed by atoms with Crippen LogP contribution in [0.3, 0.4) is 0 Å². The zero-order valence-electron chi connectivity index (χ0n) is 15.5. The number of rotatable bonds is 3. The van der Waals surface area contributed by atoms with E-state index in [4.69, 9.17) is 14.0 Å². The molecule has 5 aliphatic rings. The summed E-state index contributed by atoms with van der Waals surface area (Å²) in [6.45, 7) is 7.83.